The van der Waals surface area contributed by atoms with Gasteiger partial charge in [-0.25, -0.2) is 8.42 Å². The van der Waals surface area contributed by atoms with Crippen molar-refractivity contribution in [3.8, 4) is 11.5 Å². The first-order valence-corrected chi connectivity index (χ1v) is 11.0. The molecule has 6 nitrogen and oxygen atoms in total. The van der Waals surface area contributed by atoms with Gasteiger partial charge in [-0.3, -0.25) is 4.79 Å². The first kappa shape index (κ1) is 17.7. The second-order valence-corrected chi connectivity index (χ2v) is 9.56. The quantitative estimate of drug-likeness (QED) is 0.722. The van der Waals surface area contributed by atoms with Crippen molar-refractivity contribution in [3.63, 3.8) is 0 Å². The molecular weight excluding hydrogens is 378 g/mol. The highest BCUT2D eigenvalue weighted by Gasteiger charge is 2.34. The molecule has 0 aromatic heterocycles. The van der Waals surface area contributed by atoms with Crippen LogP contribution >= 0.6 is 0 Å². The summed E-state index contributed by atoms with van der Waals surface area (Å²) in [5, 5.41) is 0. The van der Waals surface area contributed by atoms with E-state index in [0.717, 1.165) is 36.3 Å². The largest absolute Gasteiger partial charge is 0.454 e. The molecule has 28 heavy (non-hydrogen) atoms. The number of benzene rings is 2. The minimum atomic E-state index is -3.57. The monoisotopic (exact) mass is 399 g/mol. The number of sulfonamides is 1. The average Bonchev–Trinajstić information content (AvgIpc) is 3.24. The van der Waals surface area contributed by atoms with Crippen molar-refractivity contribution in [1.82, 2.24) is 4.31 Å². The lowest BCUT2D eigenvalue weighted by Gasteiger charge is -2.17. The maximum atomic E-state index is 13.0. The van der Waals surface area contributed by atoms with Gasteiger partial charge in [0.05, 0.1) is 4.90 Å². The van der Waals surface area contributed by atoms with Gasteiger partial charge in [-0.05, 0) is 55.0 Å². The summed E-state index contributed by atoms with van der Waals surface area (Å²) in [4.78, 5) is 12.4. The molecule has 1 saturated carbocycles. The number of fused-ring (bicyclic) bond motifs is 1. The Morgan fingerprint density at radius 1 is 0.964 bits per heavy atom. The van der Waals surface area contributed by atoms with Crippen LogP contribution in [0.5, 0.6) is 11.5 Å². The van der Waals surface area contributed by atoms with Crippen LogP contribution in [0.3, 0.4) is 0 Å². The summed E-state index contributed by atoms with van der Waals surface area (Å²) < 4.78 is 38.3. The second-order valence-electron chi connectivity index (χ2n) is 7.62. The summed E-state index contributed by atoms with van der Waals surface area (Å²) in [6.07, 6.45) is 2.64. The van der Waals surface area contributed by atoms with E-state index >= 15 is 0 Å². The lowest BCUT2D eigenvalue weighted by Crippen LogP contribution is -2.28. The zero-order valence-corrected chi connectivity index (χ0v) is 16.2. The molecule has 2 aromatic carbocycles. The molecule has 5 rings (SSSR count). The molecule has 1 unspecified atom stereocenters. The predicted octanol–water partition coefficient (Wildman–Crippen LogP) is 3.19. The summed E-state index contributed by atoms with van der Waals surface area (Å²) in [7, 11) is -3.57. The highest BCUT2D eigenvalue weighted by Crippen LogP contribution is 2.38. The van der Waals surface area contributed by atoms with Crippen LogP contribution in [-0.2, 0) is 10.0 Å². The van der Waals surface area contributed by atoms with Crippen LogP contribution < -0.4 is 9.47 Å². The predicted molar refractivity (Wildman–Crippen MR) is 102 cm³/mol. The minimum absolute atomic E-state index is 0.119. The third-order valence-electron chi connectivity index (χ3n) is 5.74. The van der Waals surface area contributed by atoms with E-state index in [9.17, 15) is 13.2 Å². The van der Waals surface area contributed by atoms with E-state index in [1.54, 1.807) is 24.3 Å². The van der Waals surface area contributed by atoms with Crippen LogP contribution in [-0.4, -0.2) is 38.4 Å². The van der Waals surface area contributed by atoms with E-state index < -0.39 is 10.0 Å². The molecule has 1 aliphatic carbocycles. The van der Waals surface area contributed by atoms with Crippen molar-refractivity contribution in [2.75, 3.05) is 19.9 Å². The zero-order chi connectivity index (χ0) is 19.3. The average molecular weight is 399 g/mol. The lowest BCUT2D eigenvalue weighted by molar-refractivity contribution is 0.0967. The fourth-order valence-electron chi connectivity index (χ4n) is 3.91. The van der Waals surface area contributed by atoms with Crippen LogP contribution in [0.2, 0.25) is 0 Å². The number of rotatable bonds is 5. The van der Waals surface area contributed by atoms with E-state index in [2.05, 4.69) is 0 Å². The number of ether oxygens (including phenoxy) is 2. The van der Waals surface area contributed by atoms with Crippen LogP contribution in [0.25, 0.3) is 0 Å². The summed E-state index contributed by atoms with van der Waals surface area (Å²) in [6.45, 7) is 1.14. The van der Waals surface area contributed by atoms with Crippen molar-refractivity contribution in [2.24, 2.45) is 5.92 Å². The van der Waals surface area contributed by atoms with Gasteiger partial charge in [0.15, 0.2) is 17.3 Å². The molecule has 2 heterocycles. The molecular formula is C21H21NO5S. The zero-order valence-electron chi connectivity index (χ0n) is 15.3. The van der Waals surface area contributed by atoms with Crippen LogP contribution in [0.4, 0.5) is 0 Å². The third kappa shape index (κ3) is 3.08. The molecule has 1 saturated heterocycles. The number of ketones is 1. The Morgan fingerprint density at radius 3 is 2.46 bits per heavy atom. The topological polar surface area (TPSA) is 72.9 Å². The smallest absolute Gasteiger partial charge is 0.243 e. The fourth-order valence-corrected chi connectivity index (χ4v) is 5.41. The second kappa shape index (κ2) is 6.60. The molecule has 0 radical (unpaired) electrons. The van der Waals surface area contributed by atoms with E-state index in [-0.39, 0.29) is 29.3 Å². The van der Waals surface area contributed by atoms with Crippen LogP contribution in [0.1, 0.15) is 41.1 Å². The molecule has 146 valence electrons. The molecule has 3 aliphatic rings. The molecule has 0 spiro atoms. The fraction of sp³-hybridized carbons (Fsp3) is 0.381. The van der Waals surface area contributed by atoms with Gasteiger partial charge < -0.3 is 9.47 Å². The lowest BCUT2D eigenvalue weighted by atomic mass is 9.98. The molecule has 0 bridgehead atoms. The minimum Gasteiger partial charge on any atom is -0.454 e. The first-order valence-electron chi connectivity index (χ1n) is 9.56. The normalized spacial score (nSPS) is 21.8. The van der Waals surface area contributed by atoms with Gasteiger partial charge >= 0.3 is 0 Å². The molecule has 0 amide bonds. The number of hydrogen-bond acceptors (Lipinski definition) is 5. The number of Topliss-reactive ketones (excluding diaryl/α,β-unsaturated/α-hetero) is 1. The summed E-state index contributed by atoms with van der Waals surface area (Å²) in [6, 6.07) is 12.2. The number of carbonyl (C=O) groups excluding carboxylic acids is 1. The SMILES string of the molecule is O=C(c1ccc(S(=O)(=O)N2CCC(c3ccc4c(c3)OCO4)C2)cc1)C1CC1. The molecule has 7 heteroatoms. The third-order valence-corrected chi connectivity index (χ3v) is 7.62. The van der Waals surface area contributed by atoms with Gasteiger partial charge in [0, 0.05) is 24.6 Å². The van der Waals surface area contributed by atoms with Crippen molar-refractivity contribution in [2.45, 2.75) is 30.1 Å². The number of nitrogens with zero attached hydrogens (tertiary/aromatic N) is 1. The van der Waals surface area contributed by atoms with E-state index in [4.69, 9.17) is 9.47 Å². The number of carbonyl (C=O) groups is 1. The Labute approximate surface area is 164 Å². The Balaban J connectivity index is 1.32. The maximum Gasteiger partial charge on any atom is 0.243 e. The van der Waals surface area contributed by atoms with Gasteiger partial charge in [-0.2, -0.15) is 4.31 Å². The Kier molecular flexibility index (Phi) is 4.17. The highest BCUT2D eigenvalue weighted by atomic mass is 32.2. The van der Waals surface area contributed by atoms with Gasteiger partial charge in [0.2, 0.25) is 16.8 Å². The molecule has 1 atom stereocenters. The first-order chi connectivity index (χ1) is 13.5. The van der Waals surface area contributed by atoms with Crippen molar-refractivity contribution >= 4 is 15.8 Å². The van der Waals surface area contributed by atoms with Crippen LogP contribution in [0.15, 0.2) is 47.4 Å². The van der Waals surface area contributed by atoms with Crippen LogP contribution in [0, 0.1) is 5.92 Å². The molecule has 2 aromatic rings. The van der Waals surface area contributed by atoms with Gasteiger partial charge in [0.1, 0.15) is 0 Å². The van der Waals surface area contributed by atoms with Gasteiger partial charge in [-0.1, -0.05) is 18.2 Å². The Morgan fingerprint density at radius 2 is 1.71 bits per heavy atom. The van der Waals surface area contributed by atoms with E-state index in [1.807, 2.05) is 18.2 Å². The standard InChI is InChI=1S/C21H21NO5S/c23-21(14-1-2-14)15-3-6-18(7-4-15)28(24,25)22-10-9-17(12-22)16-5-8-19-20(11-16)27-13-26-19/h3-8,11,14,17H,1-2,9-10,12-13H2. The maximum absolute atomic E-state index is 13.0. The summed E-state index contributed by atoms with van der Waals surface area (Å²) >= 11 is 0. The van der Waals surface area contributed by atoms with Crippen molar-refractivity contribution in [1.29, 1.82) is 0 Å². The molecule has 2 aliphatic heterocycles. The van der Waals surface area contributed by atoms with Gasteiger partial charge in [-0.15, -0.1) is 0 Å². The Hall–Kier alpha value is -2.38. The van der Waals surface area contributed by atoms with E-state index in [1.165, 1.54) is 4.31 Å². The van der Waals surface area contributed by atoms with Gasteiger partial charge in [0.25, 0.3) is 0 Å². The summed E-state index contributed by atoms with van der Waals surface area (Å²) in [5.41, 5.74) is 1.66. The Bertz CT molecular complexity index is 1030. The molecule has 2 fully saturated rings. The van der Waals surface area contributed by atoms with E-state index in [0.29, 0.717) is 18.7 Å². The van der Waals surface area contributed by atoms with Crippen molar-refractivity contribution in [3.05, 3.63) is 53.6 Å². The van der Waals surface area contributed by atoms with Crippen molar-refractivity contribution < 1.29 is 22.7 Å². The molecule has 0 N–H and O–H groups in total. The number of hydrogen-bond donors (Lipinski definition) is 0. The summed E-state index contributed by atoms with van der Waals surface area (Å²) in [5.74, 6) is 1.82. The highest BCUT2D eigenvalue weighted by molar-refractivity contribution is 7.89.